The molecule has 3 aromatic heterocycles. The van der Waals surface area contributed by atoms with Gasteiger partial charge in [-0.1, -0.05) is 34.4 Å². The van der Waals surface area contributed by atoms with Crippen LogP contribution >= 0.6 is 47.2 Å². The zero-order chi connectivity index (χ0) is 19.2. The van der Waals surface area contributed by atoms with Gasteiger partial charge in [0.25, 0.3) is 5.89 Å². The van der Waals surface area contributed by atoms with Gasteiger partial charge in [-0.3, -0.25) is 9.98 Å². The fourth-order valence-electron chi connectivity index (χ4n) is 2.39. The number of hydrogen-bond donors (Lipinski definition) is 2. The molecule has 0 spiro atoms. The molecule has 8 nitrogen and oxygen atoms in total. The SMILES string of the molecule is CN=C(NCCc1noc(-c2ccccn2)n1)NCc1cc(Cl)c(Cl)n1C.I. The summed E-state index contributed by atoms with van der Waals surface area (Å²) < 4.78 is 7.06. The average Bonchev–Trinajstić information content (AvgIpc) is 3.26. The predicted octanol–water partition coefficient (Wildman–Crippen LogP) is 3.30. The van der Waals surface area contributed by atoms with Crippen LogP contribution in [0.1, 0.15) is 11.5 Å². The number of nitrogens with one attached hydrogen (secondary N) is 2. The number of aromatic nitrogens is 4. The summed E-state index contributed by atoms with van der Waals surface area (Å²) >= 11 is 12.1. The van der Waals surface area contributed by atoms with E-state index in [0.717, 1.165) is 5.69 Å². The molecule has 0 aliphatic rings. The molecule has 0 atom stereocenters. The molecule has 0 saturated heterocycles. The lowest BCUT2D eigenvalue weighted by Gasteiger charge is -2.11. The summed E-state index contributed by atoms with van der Waals surface area (Å²) in [6.45, 7) is 1.13. The van der Waals surface area contributed by atoms with Crippen LogP contribution in [0.15, 0.2) is 40.0 Å². The Kier molecular flexibility index (Phi) is 8.52. The van der Waals surface area contributed by atoms with E-state index in [9.17, 15) is 0 Å². The Balaban J connectivity index is 0.00000280. The Morgan fingerprint density at radius 2 is 2.11 bits per heavy atom. The summed E-state index contributed by atoms with van der Waals surface area (Å²) in [6, 6.07) is 7.35. The van der Waals surface area contributed by atoms with E-state index in [4.69, 9.17) is 27.7 Å². The van der Waals surface area contributed by atoms with Gasteiger partial charge in [0.15, 0.2) is 11.8 Å². The fraction of sp³-hybridized carbons (Fsp3) is 0.294. The van der Waals surface area contributed by atoms with Crippen LogP contribution in [0.4, 0.5) is 0 Å². The third kappa shape index (κ3) is 5.58. The van der Waals surface area contributed by atoms with Gasteiger partial charge < -0.3 is 19.7 Å². The van der Waals surface area contributed by atoms with E-state index in [1.807, 2.05) is 35.9 Å². The van der Waals surface area contributed by atoms with Gasteiger partial charge in [-0.05, 0) is 18.2 Å². The van der Waals surface area contributed by atoms with Gasteiger partial charge in [-0.15, -0.1) is 24.0 Å². The van der Waals surface area contributed by atoms with Crippen molar-refractivity contribution in [2.24, 2.45) is 12.0 Å². The number of nitrogens with zero attached hydrogens (tertiary/aromatic N) is 5. The first kappa shape index (κ1) is 22.4. The summed E-state index contributed by atoms with van der Waals surface area (Å²) in [5.74, 6) is 1.65. The molecule has 0 aliphatic heterocycles. The highest BCUT2D eigenvalue weighted by atomic mass is 127. The lowest BCUT2D eigenvalue weighted by Crippen LogP contribution is -2.38. The number of rotatable bonds is 6. The summed E-state index contributed by atoms with van der Waals surface area (Å²) in [6.07, 6.45) is 2.27. The second-order valence-electron chi connectivity index (χ2n) is 5.67. The molecule has 3 aromatic rings. The first-order valence-electron chi connectivity index (χ1n) is 8.26. The van der Waals surface area contributed by atoms with E-state index in [0.29, 0.717) is 53.1 Å². The summed E-state index contributed by atoms with van der Waals surface area (Å²) in [5.41, 5.74) is 1.60. The molecular weight excluding hydrogens is 516 g/mol. The number of halogens is 3. The van der Waals surface area contributed by atoms with Crippen molar-refractivity contribution in [2.45, 2.75) is 13.0 Å². The van der Waals surface area contributed by atoms with Crippen molar-refractivity contribution in [2.75, 3.05) is 13.6 Å². The summed E-state index contributed by atoms with van der Waals surface area (Å²) in [7, 11) is 3.56. The maximum atomic E-state index is 6.08. The van der Waals surface area contributed by atoms with Crippen LogP contribution in [0.25, 0.3) is 11.6 Å². The van der Waals surface area contributed by atoms with Crippen molar-refractivity contribution >= 4 is 53.1 Å². The molecule has 0 amide bonds. The highest BCUT2D eigenvalue weighted by molar-refractivity contribution is 14.0. The lowest BCUT2D eigenvalue weighted by molar-refractivity contribution is 0.421. The van der Waals surface area contributed by atoms with Gasteiger partial charge >= 0.3 is 0 Å². The van der Waals surface area contributed by atoms with Crippen LogP contribution in [-0.4, -0.2) is 39.2 Å². The minimum Gasteiger partial charge on any atom is -0.356 e. The number of aliphatic imine (C=N–C) groups is 1. The van der Waals surface area contributed by atoms with E-state index >= 15 is 0 Å². The number of hydrogen-bond acceptors (Lipinski definition) is 5. The Hall–Kier alpha value is -1.85. The van der Waals surface area contributed by atoms with Crippen LogP contribution in [-0.2, 0) is 20.0 Å². The van der Waals surface area contributed by atoms with Gasteiger partial charge in [0, 0.05) is 39.0 Å². The van der Waals surface area contributed by atoms with Crippen molar-refractivity contribution < 1.29 is 4.52 Å². The maximum Gasteiger partial charge on any atom is 0.276 e. The normalized spacial score (nSPS) is 11.2. The number of pyridine rings is 1. The van der Waals surface area contributed by atoms with Gasteiger partial charge in [0.05, 0.1) is 11.6 Å². The van der Waals surface area contributed by atoms with Crippen molar-refractivity contribution in [3.63, 3.8) is 0 Å². The molecule has 150 valence electrons. The second kappa shape index (κ2) is 10.6. The Morgan fingerprint density at radius 1 is 1.29 bits per heavy atom. The molecule has 0 bridgehead atoms. The van der Waals surface area contributed by atoms with Gasteiger partial charge in [0.1, 0.15) is 10.8 Å². The zero-order valence-corrected chi connectivity index (χ0v) is 19.2. The van der Waals surface area contributed by atoms with Gasteiger partial charge in [0.2, 0.25) is 0 Å². The molecule has 11 heteroatoms. The Morgan fingerprint density at radius 3 is 2.75 bits per heavy atom. The Bertz CT molecular complexity index is 927. The monoisotopic (exact) mass is 535 g/mol. The molecule has 28 heavy (non-hydrogen) atoms. The predicted molar refractivity (Wildman–Crippen MR) is 120 cm³/mol. The average molecular weight is 536 g/mol. The minimum absolute atomic E-state index is 0. The highest BCUT2D eigenvalue weighted by Crippen LogP contribution is 2.24. The molecule has 0 unspecified atom stereocenters. The van der Waals surface area contributed by atoms with E-state index in [1.54, 1.807) is 13.2 Å². The van der Waals surface area contributed by atoms with Crippen molar-refractivity contribution in [3.05, 3.63) is 52.2 Å². The number of guanidine groups is 1. The fourth-order valence-corrected chi connectivity index (χ4v) is 2.81. The first-order valence-corrected chi connectivity index (χ1v) is 9.02. The first-order chi connectivity index (χ1) is 13.1. The molecule has 0 aromatic carbocycles. The molecule has 3 heterocycles. The van der Waals surface area contributed by atoms with E-state index < -0.39 is 0 Å². The third-order valence-corrected chi connectivity index (χ3v) is 4.71. The van der Waals surface area contributed by atoms with E-state index in [2.05, 4.69) is 30.8 Å². The topological polar surface area (TPSA) is 93.2 Å². The van der Waals surface area contributed by atoms with Gasteiger partial charge in [-0.25, -0.2) is 0 Å². The molecule has 0 aliphatic carbocycles. The van der Waals surface area contributed by atoms with Crippen molar-refractivity contribution in [1.82, 2.24) is 30.3 Å². The smallest absolute Gasteiger partial charge is 0.276 e. The van der Waals surface area contributed by atoms with Crippen LogP contribution in [0.3, 0.4) is 0 Å². The minimum atomic E-state index is 0. The summed E-state index contributed by atoms with van der Waals surface area (Å²) in [5, 5.41) is 11.4. The van der Waals surface area contributed by atoms with Crippen LogP contribution in [0.2, 0.25) is 10.2 Å². The maximum absolute atomic E-state index is 6.08. The Labute approximate surface area is 189 Å². The second-order valence-corrected chi connectivity index (χ2v) is 6.43. The highest BCUT2D eigenvalue weighted by Gasteiger charge is 2.11. The van der Waals surface area contributed by atoms with Crippen LogP contribution in [0, 0.1) is 0 Å². The quantitative estimate of drug-likeness (QED) is 0.286. The lowest BCUT2D eigenvalue weighted by atomic mass is 10.3. The zero-order valence-electron chi connectivity index (χ0n) is 15.3. The summed E-state index contributed by atoms with van der Waals surface area (Å²) in [4.78, 5) is 12.7. The molecule has 0 fully saturated rings. The molecule has 3 rings (SSSR count). The standard InChI is InChI=1S/C17H19Cl2N7O.HI/c1-20-17(23-10-11-9-12(18)15(19)26(11)2)22-8-6-14-24-16(27-25-14)13-5-3-4-7-21-13;/h3-5,7,9H,6,8,10H2,1-2H3,(H2,20,22,23);1H. The van der Waals surface area contributed by atoms with Crippen LogP contribution < -0.4 is 10.6 Å². The van der Waals surface area contributed by atoms with Crippen molar-refractivity contribution in [3.8, 4) is 11.6 Å². The molecular formula is C17H20Cl2IN7O. The van der Waals surface area contributed by atoms with Gasteiger partial charge in [-0.2, -0.15) is 4.98 Å². The van der Waals surface area contributed by atoms with Crippen molar-refractivity contribution in [1.29, 1.82) is 0 Å². The van der Waals surface area contributed by atoms with E-state index in [1.165, 1.54) is 0 Å². The molecule has 0 radical (unpaired) electrons. The molecule has 0 saturated carbocycles. The van der Waals surface area contributed by atoms with Crippen LogP contribution in [0.5, 0.6) is 0 Å². The van der Waals surface area contributed by atoms with E-state index in [-0.39, 0.29) is 24.0 Å². The molecule has 2 N–H and O–H groups in total. The third-order valence-electron chi connectivity index (χ3n) is 3.87. The largest absolute Gasteiger partial charge is 0.356 e.